The molecule has 0 fully saturated rings. The van der Waals surface area contributed by atoms with Gasteiger partial charge in [0.1, 0.15) is 0 Å². The molecule has 58 valence electrons. The van der Waals surface area contributed by atoms with Gasteiger partial charge in [0, 0.05) is 13.3 Å². The van der Waals surface area contributed by atoms with Crippen molar-refractivity contribution in [1.29, 1.82) is 0 Å². The van der Waals surface area contributed by atoms with Gasteiger partial charge in [-0.3, -0.25) is 4.99 Å². The molecule has 0 aliphatic rings. The summed E-state index contributed by atoms with van der Waals surface area (Å²) in [5.74, 6) is 0. The number of unbranched alkanes of at least 4 members (excludes halogenated alkanes) is 1. The van der Waals surface area contributed by atoms with Crippen molar-refractivity contribution in [2.75, 3.05) is 7.05 Å². The maximum absolute atomic E-state index is 3.97. The summed E-state index contributed by atoms with van der Waals surface area (Å²) >= 11 is 0. The molecule has 0 radical (unpaired) electrons. The molecule has 0 aliphatic carbocycles. The van der Waals surface area contributed by atoms with Gasteiger partial charge in [0.2, 0.25) is 0 Å². The number of aliphatic imine (C=N–C) groups is 1. The maximum Gasteiger partial charge on any atom is 0.0277 e. The molecule has 0 rings (SSSR count). The molecule has 0 saturated heterocycles. The summed E-state index contributed by atoms with van der Waals surface area (Å²) < 4.78 is 0. The minimum atomic E-state index is 1.17. The summed E-state index contributed by atoms with van der Waals surface area (Å²) in [6, 6.07) is 0. The molecule has 0 aromatic carbocycles. The van der Waals surface area contributed by atoms with E-state index in [4.69, 9.17) is 0 Å². The van der Waals surface area contributed by atoms with Crippen LogP contribution in [-0.4, -0.2) is 13.3 Å². The van der Waals surface area contributed by atoms with Gasteiger partial charge in [0.15, 0.2) is 0 Å². The predicted molar refractivity (Wildman–Crippen MR) is 47.7 cm³/mol. The third-order valence-electron chi connectivity index (χ3n) is 1.48. The van der Waals surface area contributed by atoms with E-state index < -0.39 is 0 Å². The lowest BCUT2D eigenvalue weighted by Gasteiger charge is -1.96. The molecule has 0 bridgehead atoms. The maximum atomic E-state index is 3.97. The molecule has 1 nitrogen and oxygen atoms in total. The monoisotopic (exact) mass is 139 g/mol. The Hall–Kier alpha value is -0.590. The molecule has 0 aromatic heterocycles. The Morgan fingerprint density at radius 3 is 2.60 bits per heavy atom. The highest BCUT2D eigenvalue weighted by molar-refractivity contribution is 5.78. The van der Waals surface area contributed by atoms with Gasteiger partial charge in [0.25, 0.3) is 0 Å². The molecule has 10 heavy (non-hydrogen) atoms. The first-order valence-electron chi connectivity index (χ1n) is 3.92. The Morgan fingerprint density at radius 2 is 2.20 bits per heavy atom. The molecule has 0 aromatic rings. The molecule has 0 amide bonds. The minimum Gasteiger partial charge on any atom is -0.296 e. The predicted octanol–water partition coefficient (Wildman–Crippen LogP) is 2.82. The molecule has 0 saturated carbocycles. The van der Waals surface area contributed by atoms with Crippen molar-refractivity contribution in [3.05, 3.63) is 11.6 Å². The first kappa shape index (κ1) is 9.41. The summed E-state index contributed by atoms with van der Waals surface area (Å²) in [5.41, 5.74) is 1.35. The topological polar surface area (TPSA) is 12.4 Å². The van der Waals surface area contributed by atoms with Crippen molar-refractivity contribution in [3.8, 4) is 0 Å². The minimum absolute atomic E-state index is 1.17. The van der Waals surface area contributed by atoms with E-state index in [0.717, 1.165) is 0 Å². The van der Waals surface area contributed by atoms with Crippen LogP contribution in [0, 0.1) is 0 Å². The molecular weight excluding hydrogens is 122 g/mol. The van der Waals surface area contributed by atoms with Crippen molar-refractivity contribution in [2.24, 2.45) is 4.99 Å². The summed E-state index contributed by atoms with van der Waals surface area (Å²) in [5, 5.41) is 0. The second kappa shape index (κ2) is 6.53. The van der Waals surface area contributed by atoms with Gasteiger partial charge < -0.3 is 0 Å². The van der Waals surface area contributed by atoms with Crippen LogP contribution in [0.3, 0.4) is 0 Å². The van der Waals surface area contributed by atoms with Crippen molar-refractivity contribution < 1.29 is 0 Å². The van der Waals surface area contributed by atoms with E-state index in [1.807, 2.05) is 13.3 Å². The zero-order chi connectivity index (χ0) is 7.82. The molecule has 0 unspecified atom stereocenters. The number of nitrogens with zero attached hydrogens (tertiary/aromatic N) is 1. The third kappa shape index (κ3) is 4.30. The zero-order valence-electron chi connectivity index (χ0n) is 7.22. The third-order valence-corrected chi connectivity index (χ3v) is 1.48. The fourth-order valence-electron chi connectivity index (χ4n) is 0.830. The van der Waals surface area contributed by atoms with Crippen molar-refractivity contribution >= 4 is 6.21 Å². The van der Waals surface area contributed by atoms with Gasteiger partial charge in [-0.15, -0.1) is 0 Å². The normalized spacial score (nSPS) is 12.9. The van der Waals surface area contributed by atoms with E-state index in [1.165, 1.54) is 24.8 Å². The van der Waals surface area contributed by atoms with E-state index in [0.29, 0.717) is 0 Å². The van der Waals surface area contributed by atoms with Crippen LogP contribution in [0.5, 0.6) is 0 Å². The second-order valence-corrected chi connectivity index (χ2v) is 2.35. The highest BCUT2D eigenvalue weighted by Crippen LogP contribution is 2.03. The Labute approximate surface area is 63.9 Å². The number of allylic oxidation sites excluding steroid dienone is 2. The van der Waals surface area contributed by atoms with Crippen LogP contribution in [0.15, 0.2) is 16.6 Å². The molecule has 0 spiro atoms. The molecule has 0 heterocycles. The molecule has 0 atom stereocenters. The SMILES string of the molecule is C/C=C(\C=NC)CCCC. The lowest BCUT2D eigenvalue weighted by molar-refractivity contribution is 0.803. The van der Waals surface area contributed by atoms with Crippen LogP contribution < -0.4 is 0 Å². The van der Waals surface area contributed by atoms with Gasteiger partial charge in [-0.05, 0) is 25.3 Å². The lowest BCUT2D eigenvalue weighted by atomic mass is 10.1. The van der Waals surface area contributed by atoms with E-state index >= 15 is 0 Å². The van der Waals surface area contributed by atoms with Gasteiger partial charge in [-0.1, -0.05) is 19.4 Å². The van der Waals surface area contributed by atoms with Gasteiger partial charge in [-0.2, -0.15) is 0 Å². The number of hydrogen-bond acceptors (Lipinski definition) is 1. The van der Waals surface area contributed by atoms with Crippen molar-refractivity contribution in [1.82, 2.24) is 0 Å². The van der Waals surface area contributed by atoms with Gasteiger partial charge in [0.05, 0.1) is 0 Å². The van der Waals surface area contributed by atoms with Crippen LogP contribution >= 0.6 is 0 Å². The Morgan fingerprint density at radius 1 is 1.50 bits per heavy atom. The van der Waals surface area contributed by atoms with Crippen LogP contribution in [0.1, 0.15) is 33.1 Å². The Balaban J connectivity index is 3.62. The van der Waals surface area contributed by atoms with E-state index in [9.17, 15) is 0 Å². The van der Waals surface area contributed by atoms with Crippen LogP contribution in [0.4, 0.5) is 0 Å². The number of rotatable bonds is 4. The fourth-order valence-corrected chi connectivity index (χ4v) is 0.830. The largest absolute Gasteiger partial charge is 0.296 e. The van der Waals surface area contributed by atoms with Crippen molar-refractivity contribution in [3.63, 3.8) is 0 Å². The summed E-state index contributed by atoms with van der Waals surface area (Å²) in [6.07, 6.45) is 7.77. The summed E-state index contributed by atoms with van der Waals surface area (Å²) in [7, 11) is 1.81. The average molecular weight is 139 g/mol. The zero-order valence-corrected chi connectivity index (χ0v) is 7.22. The molecule has 0 N–H and O–H groups in total. The van der Waals surface area contributed by atoms with Crippen molar-refractivity contribution in [2.45, 2.75) is 33.1 Å². The van der Waals surface area contributed by atoms with E-state index in [-0.39, 0.29) is 0 Å². The summed E-state index contributed by atoms with van der Waals surface area (Å²) in [4.78, 5) is 3.97. The fraction of sp³-hybridized carbons (Fsp3) is 0.667. The van der Waals surface area contributed by atoms with Gasteiger partial charge >= 0.3 is 0 Å². The number of hydrogen-bond donors (Lipinski definition) is 0. The average Bonchev–Trinajstić information content (AvgIpc) is 1.98. The first-order valence-corrected chi connectivity index (χ1v) is 3.92. The first-order chi connectivity index (χ1) is 4.85. The van der Waals surface area contributed by atoms with Crippen LogP contribution in [0.2, 0.25) is 0 Å². The highest BCUT2D eigenvalue weighted by Gasteiger charge is 1.88. The highest BCUT2D eigenvalue weighted by atomic mass is 14.6. The molecular formula is C9H17N. The van der Waals surface area contributed by atoms with Crippen LogP contribution in [-0.2, 0) is 0 Å². The Bertz CT molecular complexity index is 123. The van der Waals surface area contributed by atoms with E-state index in [2.05, 4.69) is 24.9 Å². The quantitative estimate of drug-likeness (QED) is 0.531. The smallest absolute Gasteiger partial charge is 0.0277 e. The van der Waals surface area contributed by atoms with Gasteiger partial charge in [-0.25, -0.2) is 0 Å². The second-order valence-electron chi connectivity index (χ2n) is 2.35. The van der Waals surface area contributed by atoms with E-state index in [1.54, 1.807) is 0 Å². The Kier molecular flexibility index (Phi) is 6.14. The lowest BCUT2D eigenvalue weighted by Crippen LogP contribution is -1.84. The standard InChI is InChI=1S/C9H17N/c1-4-6-7-9(5-2)8-10-3/h5,8H,4,6-7H2,1-3H3/b9-5-,10-8?. The molecule has 0 aliphatic heterocycles. The summed E-state index contributed by atoms with van der Waals surface area (Å²) in [6.45, 7) is 4.27. The molecule has 1 heteroatoms. The van der Waals surface area contributed by atoms with Crippen LogP contribution in [0.25, 0.3) is 0 Å².